The van der Waals surface area contributed by atoms with Crippen molar-refractivity contribution in [3.8, 4) is 158 Å². The molecular formula is C104H69FN12. The highest BCUT2D eigenvalue weighted by molar-refractivity contribution is 6.04. The Morgan fingerprint density at radius 3 is 0.667 bits per heavy atom. The second-order valence-corrected chi connectivity index (χ2v) is 28.0. The fraction of sp³-hybridized carbons (Fsp3) is 0. The van der Waals surface area contributed by atoms with Crippen LogP contribution in [0.1, 0.15) is 0 Å². The van der Waals surface area contributed by atoms with Gasteiger partial charge in [-0.15, -0.1) is 0 Å². The number of hydrogen-bond donors (Lipinski definition) is 0. The van der Waals surface area contributed by atoms with Crippen LogP contribution in [0.3, 0.4) is 0 Å². The van der Waals surface area contributed by atoms with Gasteiger partial charge in [-0.05, 0) is 91.0 Å². The summed E-state index contributed by atoms with van der Waals surface area (Å²) in [5, 5.41) is 0. The van der Waals surface area contributed by atoms with E-state index in [2.05, 4.69) is 168 Å². The van der Waals surface area contributed by atoms with E-state index in [9.17, 15) is 0 Å². The summed E-state index contributed by atoms with van der Waals surface area (Å²) in [5.74, 6) is 2.40. The van der Waals surface area contributed by atoms with Gasteiger partial charge in [0.05, 0.1) is 85.4 Å². The molecule has 0 saturated carbocycles. The third-order valence-electron chi connectivity index (χ3n) is 20.4. The van der Waals surface area contributed by atoms with Crippen molar-refractivity contribution < 1.29 is 4.39 Å². The van der Waals surface area contributed by atoms with Crippen LogP contribution in [0.4, 0.5) is 38.8 Å². The standard InChI is InChI=1S/C66H44N8.C38H25FN4/c1-7-23-45(24-8-1)53-42-54(46-25-9-2-10-26-46)69-65(68-53)51-39-40-59(52(41-51)58-44-55(47-27-11-3-12-28-47)67-64(70-58)50-33-17-6-18-34-50)73-60-35-19-21-37-62(60)74(63-38-22-20-36-61(63)73)66-71-56(48-29-13-4-14-30-48)43-57(72-66)49-31-15-5-16-32-49;39-32-22-21-30(38-41-33(26-13-5-1-6-14-26)24-34(42-38)27-15-7-2-8-16-27)23-31(32)36-25-35(28-17-9-3-10-18-28)40-37(43-36)29-19-11-4-12-20-29/h1-44H;1-25H. The van der Waals surface area contributed by atoms with Crippen LogP contribution < -0.4 is 9.80 Å². The van der Waals surface area contributed by atoms with Crippen molar-refractivity contribution in [2.75, 3.05) is 9.80 Å². The van der Waals surface area contributed by atoms with Crippen LogP contribution in [0, 0.1) is 5.82 Å². The first-order chi connectivity index (χ1) is 57.9. The lowest BCUT2D eigenvalue weighted by atomic mass is 9.98. The second-order valence-electron chi connectivity index (χ2n) is 28.0. The second kappa shape index (κ2) is 32.4. The zero-order valence-corrected chi connectivity index (χ0v) is 63.1. The quantitative estimate of drug-likeness (QED) is 0.0911. The van der Waals surface area contributed by atoms with Crippen LogP contribution >= 0.6 is 0 Å². The summed E-state index contributed by atoms with van der Waals surface area (Å²) in [7, 11) is 0. The van der Waals surface area contributed by atoms with Gasteiger partial charge < -0.3 is 4.90 Å². The molecule has 0 saturated heterocycles. The minimum absolute atomic E-state index is 0.351. The molecule has 0 aliphatic carbocycles. The van der Waals surface area contributed by atoms with E-state index in [0.29, 0.717) is 51.8 Å². The zero-order chi connectivity index (χ0) is 78.2. The molecule has 0 spiro atoms. The molecule has 0 unspecified atom stereocenters. The lowest BCUT2D eigenvalue weighted by Crippen LogP contribution is -2.25. The van der Waals surface area contributed by atoms with E-state index in [1.54, 1.807) is 12.1 Å². The molecule has 5 aromatic heterocycles. The highest BCUT2D eigenvalue weighted by Gasteiger charge is 2.34. The molecule has 14 aromatic carbocycles. The van der Waals surface area contributed by atoms with Crippen molar-refractivity contribution >= 4 is 34.4 Å². The lowest BCUT2D eigenvalue weighted by Gasteiger charge is -2.40. The molecule has 19 aromatic rings. The molecule has 552 valence electrons. The molecule has 117 heavy (non-hydrogen) atoms. The molecule has 0 fully saturated rings. The highest BCUT2D eigenvalue weighted by atomic mass is 19.1. The van der Waals surface area contributed by atoms with Gasteiger partial charge in [-0.3, -0.25) is 4.90 Å². The van der Waals surface area contributed by atoms with Crippen molar-refractivity contribution in [2.45, 2.75) is 0 Å². The number of aromatic nitrogens is 10. The molecule has 0 amide bonds. The number of para-hydroxylation sites is 4. The number of halogens is 1. The molecule has 13 heteroatoms. The van der Waals surface area contributed by atoms with Crippen molar-refractivity contribution in [1.82, 2.24) is 49.8 Å². The summed E-state index contributed by atoms with van der Waals surface area (Å²) in [6.07, 6.45) is 0. The Hall–Kier alpha value is -16.0. The Morgan fingerprint density at radius 1 is 0.154 bits per heavy atom. The largest absolute Gasteiger partial charge is 0.306 e. The highest BCUT2D eigenvalue weighted by Crippen LogP contribution is 2.56. The summed E-state index contributed by atoms with van der Waals surface area (Å²) in [6.45, 7) is 0. The summed E-state index contributed by atoms with van der Waals surface area (Å²) < 4.78 is 15.6. The van der Waals surface area contributed by atoms with Crippen LogP contribution in [-0.2, 0) is 0 Å². The van der Waals surface area contributed by atoms with Gasteiger partial charge in [-0.1, -0.05) is 328 Å². The van der Waals surface area contributed by atoms with E-state index >= 15 is 4.39 Å². The molecule has 0 atom stereocenters. The molecule has 6 heterocycles. The monoisotopic (exact) mass is 1500 g/mol. The molecule has 12 nitrogen and oxygen atoms in total. The number of rotatable bonds is 16. The first-order valence-corrected chi connectivity index (χ1v) is 38.6. The first-order valence-electron chi connectivity index (χ1n) is 38.6. The first kappa shape index (κ1) is 71.3. The van der Waals surface area contributed by atoms with E-state index in [0.717, 1.165) is 141 Å². The van der Waals surface area contributed by atoms with Crippen LogP contribution in [-0.4, -0.2) is 49.8 Å². The van der Waals surface area contributed by atoms with Crippen LogP contribution in [0.5, 0.6) is 0 Å². The third kappa shape index (κ3) is 15.1. The van der Waals surface area contributed by atoms with Crippen molar-refractivity contribution in [1.29, 1.82) is 0 Å². The maximum Gasteiger partial charge on any atom is 0.235 e. The van der Waals surface area contributed by atoms with Gasteiger partial charge in [-0.2, -0.15) is 0 Å². The van der Waals surface area contributed by atoms with Gasteiger partial charge >= 0.3 is 0 Å². The fourth-order valence-corrected chi connectivity index (χ4v) is 14.7. The lowest BCUT2D eigenvalue weighted by molar-refractivity contribution is 0.631. The smallest absolute Gasteiger partial charge is 0.235 e. The van der Waals surface area contributed by atoms with E-state index in [-0.39, 0.29) is 5.82 Å². The average Bonchev–Trinajstić information content (AvgIpc) is 0.724. The predicted molar refractivity (Wildman–Crippen MR) is 470 cm³/mol. The van der Waals surface area contributed by atoms with Crippen LogP contribution in [0.15, 0.2) is 419 Å². The minimum Gasteiger partial charge on any atom is -0.306 e. The van der Waals surface area contributed by atoms with Gasteiger partial charge in [0.25, 0.3) is 0 Å². The van der Waals surface area contributed by atoms with Crippen molar-refractivity contribution in [3.05, 3.63) is 424 Å². The number of fused-ring (bicyclic) bond motifs is 2. The summed E-state index contributed by atoms with van der Waals surface area (Å²) in [6, 6.07) is 140. The normalized spacial score (nSPS) is 11.4. The summed E-state index contributed by atoms with van der Waals surface area (Å²) in [4.78, 5) is 56.1. The van der Waals surface area contributed by atoms with Crippen molar-refractivity contribution in [2.24, 2.45) is 0 Å². The number of hydrogen-bond acceptors (Lipinski definition) is 12. The van der Waals surface area contributed by atoms with Gasteiger partial charge in [0.2, 0.25) is 5.95 Å². The fourth-order valence-electron chi connectivity index (χ4n) is 14.7. The minimum atomic E-state index is -0.386. The predicted octanol–water partition coefficient (Wildman–Crippen LogP) is 26.1. The Bertz CT molecular complexity index is 6410. The molecule has 0 N–H and O–H groups in total. The Balaban J connectivity index is 0.000000180. The molecular weight excluding hydrogens is 1440 g/mol. The van der Waals surface area contributed by atoms with E-state index < -0.39 is 0 Å². The Kier molecular flexibility index (Phi) is 19.7. The molecule has 1 aliphatic rings. The van der Waals surface area contributed by atoms with Gasteiger partial charge in [-0.25, -0.2) is 54.2 Å². The number of nitrogens with zero attached hydrogens (tertiary/aromatic N) is 12. The van der Waals surface area contributed by atoms with Gasteiger partial charge in [0, 0.05) is 77.9 Å². The van der Waals surface area contributed by atoms with Gasteiger partial charge in [0.1, 0.15) is 5.82 Å². The summed E-state index contributed by atoms with van der Waals surface area (Å²) >= 11 is 0. The molecule has 20 rings (SSSR count). The molecule has 1 aliphatic heterocycles. The number of anilines is 6. The van der Waals surface area contributed by atoms with Crippen molar-refractivity contribution in [3.63, 3.8) is 0 Å². The third-order valence-corrected chi connectivity index (χ3v) is 20.4. The molecule has 0 radical (unpaired) electrons. The zero-order valence-electron chi connectivity index (χ0n) is 63.1. The Labute approximate surface area is 676 Å². The van der Waals surface area contributed by atoms with E-state index in [1.165, 1.54) is 6.07 Å². The van der Waals surface area contributed by atoms with E-state index in [4.69, 9.17) is 49.8 Å². The maximum atomic E-state index is 15.6. The number of benzene rings is 14. The summed E-state index contributed by atoms with van der Waals surface area (Å²) in [5.41, 5.74) is 24.6. The average molecular weight is 1510 g/mol. The topological polar surface area (TPSA) is 135 Å². The SMILES string of the molecule is Fc1ccc(-c2nc(-c3ccccc3)cc(-c3ccccc3)n2)cc1-c1cc(-c2ccccc2)nc(-c2ccccc2)n1.c1ccc(-c2cc(-c3ccccc3)nc(-c3ccc(N4c5ccccc5N(c5nc(-c6ccccc6)cc(-c6ccccc6)n5)c5ccccc54)c(-c4cc(-c5ccccc5)nc(-c5ccccc5)n4)c3)n2)cc1. The van der Waals surface area contributed by atoms with Crippen LogP contribution in [0.25, 0.3) is 158 Å². The van der Waals surface area contributed by atoms with Crippen LogP contribution in [0.2, 0.25) is 0 Å². The maximum absolute atomic E-state index is 15.6. The van der Waals surface area contributed by atoms with E-state index in [1.807, 2.05) is 243 Å². The van der Waals surface area contributed by atoms with Gasteiger partial charge in [0.15, 0.2) is 23.3 Å². The Morgan fingerprint density at radius 2 is 0.368 bits per heavy atom. The molecule has 0 bridgehead atoms.